The van der Waals surface area contributed by atoms with Crippen molar-refractivity contribution < 1.29 is 19.1 Å². The van der Waals surface area contributed by atoms with Crippen molar-refractivity contribution in [2.24, 2.45) is 11.7 Å². The lowest BCUT2D eigenvalue weighted by molar-refractivity contribution is -0.123. The number of primary amides is 1. The fourth-order valence-electron chi connectivity index (χ4n) is 4.14. The predicted octanol–water partition coefficient (Wildman–Crippen LogP) is 0.935. The SMILES string of the molecule is CCOc1ccc(NC(=O)[C@H]2CC(=O)Nc3nc(N4CCC(C(N)=O)CC4)[nH]c(=O)c32)cc1. The van der Waals surface area contributed by atoms with Gasteiger partial charge >= 0.3 is 0 Å². The van der Waals surface area contributed by atoms with Crippen molar-refractivity contribution in [2.75, 3.05) is 35.2 Å². The molecule has 0 saturated carbocycles. The molecule has 0 radical (unpaired) electrons. The van der Waals surface area contributed by atoms with E-state index in [1.54, 1.807) is 24.3 Å². The van der Waals surface area contributed by atoms with E-state index in [2.05, 4.69) is 20.6 Å². The number of nitrogens with zero attached hydrogens (tertiary/aromatic N) is 2. The minimum atomic E-state index is -0.980. The third-order valence-electron chi connectivity index (χ3n) is 5.88. The van der Waals surface area contributed by atoms with Crippen LogP contribution in [0.4, 0.5) is 17.5 Å². The highest BCUT2D eigenvalue weighted by molar-refractivity contribution is 6.04. The standard InChI is InChI=1S/C22H26N6O5/c1-2-33-14-5-3-13(4-6-14)24-20(31)15-11-16(29)25-19-17(15)21(32)27-22(26-19)28-9-7-12(8-10-28)18(23)30/h3-6,12,15H,2,7-11H2,1H3,(H2,23,30)(H,24,31)(H2,25,26,27,29,32)/t15-/m0/s1. The lowest BCUT2D eigenvalue weighted by Crippen LogP contribution is -2.41. The van der Waals surface area contributed by atoms with Gasteiger partial charge in [0, 0.05) is 31.1 Å². The first-order valence-electron chi connectivity index (χ1n) is 10.9. The van der Waals surface area contributed by atoms with E-state index in [1.807, 2.05) is 11.8 Å². The van der Waals surface area contributed by atoms with Gasteiger partial charge in [-0.1, -0.05) is 0 Å². The molecule has 0 spiro atoms. The van der Waals surface area contributed by atoms with Crippen molar-refractivity contribution in [3.05, 3.63) is 40.2 Å². The molecule has 11 nitrogen and oxygen atoms in total. The minimum absolute atomic E-state index is 0.0777. The second kappa shape index (κ2) is 9.31. The zero-order chi connectivity index (χ0) is 23.5. The average molecular weight is 454 g/mol. The molecule has 33 heavy (non-hydrogen) atoms. The Hall–Kier alpha value is -3.89. The number of nitrogens with two attached hydrogens (primary N) is 1. The zero-order valence-corrected chi connectivity index (χ0v) is 18.2. The van der Waals surface area contributed by atoms with Gasteiger partial charge in [0.2, 0.25) is 23.7 Å². The summed E-state index contributed by atoms with van der Waals surface area (Å²) in [7, 11) is 0. The van der Waals surface area contributed by atoms with Crippen molar-refractivity contribution in [2.45, 2.75) is 32.1 Å². The van der Waals surface area contributed by atoms with Gasteiger partial charge in [-0.25, -0.2) is 0 Å². The maximum Gasteiger partial charge on any atom is 0.258 e. The van der Waals surface area contributed by atoms with E-state index in [1.165, 1.54) is 0 Å². The number of anilines is 3. The summed E-state index contributed by atoms with van der Waals surface area (Å²) in [5.41, 5.74) is 5.53. The topological polar surface area (TPSA) is 160 Å². The van der Waals surface area contributed by atoms with Crippen molar-refractivity contribution in [3.8, 4) is 5.75 Å². The quantitative estimate of drug-likeness (QED) is 0.505. The molecule has 0 unspecified atom stereocenters. The highest BCUT2D eigenvalue weighted by Crippen LogP contribution is 2.31. The highest BCUT2D eigenvalue weighted by Gasteiger charge is 2.35. The smallest absolute Gasteiger partial charge is 0.258 e. The molecule has 3 heterocycles. The third kappa shape index (κ3) is 4.81. The zero-order valence-electron chi connectivity index (χ0n) is 18.2. The molecule has 0 bridgehead atoms. The number of fused-ring (bicyclic) bond motifs is 1. The first kappa shape index (κ1) is 22.3. The molecular weight excluding hydrogens is 428 g/mol. The van der Waals surface area contributed by atoms with Gasteiger partial charge in [0.15, 0.2) is 0 Å². The van der Waals surface area contributed by atoms with Crippen LogP contribution in [0.15, 0.2) is 29.1 Å². The van der Waals surface area contributed by atoms with Crippen LogP contribution in [0.2, 0.25) is 0 Å². The lowest BCUT2D eigenvalue weighted by atomic mass is 9.92. The summed E-state index contributed by atoms with van der Waals surface area (Å²) >= 11 is 0. The van der Waals surface area contributed by atoms with Crippen LogP contribution < -0.4 is 31.6 Å². The van der Waals surface area contributed by atoms with Crippen LogP contribution in [-0.2, 0) is 14.4 Å². The molecule has 2 aliphatic heterocycles. The van der Waals surface area contributed by atoms with Crippen LogP contribution in [-0.4, -0.2) is 47.4 Å². The number of hydrogen-bond donors (Lipinski definition) is 4. The van der Waals surface area contributed by atoms with Gasteiger partial charge in [0.05, 0.1) is 18.1 Å². The highest BCUT2D eigenvalue weighted by atomic mass is 16.5. The van der Waals surface area contributed by atoms with Crippen LogP contribution in [0.25, 0.3) is 0 Å². The average Bonchev–Trinajstić information content (AvgIpc) is 2.79. The molecule has 3 amide bonds. The molecule has 174 valence electrons. The van der Waals surface area contributed by atoms with E-state index in [9.17, 15) is 19.2 Å². The number of piperidine rings is 1. The summed E-state index contributed by atoms with van der Waals surface area (Å²) < 4.78 is 5.39. The number of rotatable bonds is 6. The van der Waals surface area contributed by atoms with Gasteiger partial charge in [-0.3, -0.25) is 24.2 Å². The Morgan fingerprint density at radius 1 is 1.21 bits per heavy atom. The number of hydrogen-bond acceptors (Lipinski definition) is 7. The van der Waals surface area contributed by atoms with Crippen molar-refractivity contribution in [1.29, 1.82) is 0 Å². The van der Waals surface area contributed by atoms with Crippen molar-refractivity contribution in [1.82, 2.24) is 9.97 Å². The number of benzene rings is 1. The summed E-state index contributed by atoms with van der Waals surface area (Å²) in [6, 6.07) is 6.83. The van der Waals surface area contributed by atoms with E-state index in [4.69, 9.17) is 10.5 Å². The van der Waals surface area contributed by atoms with Gasteiger partial charge in [-0.05, 0) is 44.0 Å². The van der Waals surface area contributed by atoms with Gasteiger partial charge in [0.1, 0.15) is 11.6 Å². The molecule has 1 atom stereocenters. The molecule has 1 aromatic carbocycles. The molecule has 0 aliphatic carbocycles. The fraction of sp³-hybridized carbons (Fsp3) is 0.409. The van der Waals surface area contributed by atoms with E-state index >= 15 is 0 Å². The van der Waals surface area contributed by atoms with Gasteiger partial charge in [0.25, 0.3) is 5.56 Å². The van der Waals surface area contributed by atoms with E-state index in [0.29, 0.717) is 44.0 Å². The van der Waals surface area contributed by atoms with Gasteiger partial charge in [-0.15, -0.1) is 0 Å². The van der Waals surface area contributed by atoms with Crippen LogP contribution >= 0.6 is 0 Å². The molecule has 2 aliphatic rings. The van der Waals surface area contributed by atoms with E-state index < -0.39 is 23.3 Å². The fourth-order valence-corrected chi connectivity index (χ4v) is 4.14. The number of carbonyl (C=O) groups excluding carboxylic acids is 3. The molecule has 11 heteroatoms. The van der Waals surface area contributed by atoms with E-state index in [0.717, 1.165) is 0 Å². The molecule has 4 rings (SSSR count). The number of H-pyrrole nitrogens is 1. The lowest BCUT2D eigenvalue weighted by Gasteiger charge is -2.32. The minimum Gasteiger partial charge on any atom is -0.494 e. The largest absolute Gasteiger partial charge is 0.494 e. The number of aromatic amines is 1. The monoisotopic (exact) mass is 454 g/mol. The third-order valence-corrected chi connectivity index (χ3v) is 5.88. The van der Waals surface area contributed by atoms with Gasteiger partial charge in [-0.2, -0.15) is 4.98 Å². The summed E-state index contributed by atoms with van der Waals surface area (Å²) in [6.45, 7) is 3.39. The Kier molecular flexibility index (Phi) is 6.29. The van der Waals surface area contributed by atoms with Crippen molar-refractivity contribution >= 4 is 35.2 Å². The number of ether oxygens (including phenoxy) is 1. The summed E-state index contributed by atoms with van der Waals surface area (Å²) in [5, 5.41) is 5.36. The first-order valence-corrected chi connectivity index (χ1v) is 10.9. The maximum absolute atomic E-state index is 13.0. The Labute approximate surface area is 189 Å². The predicted molar refractivity (Wildman–Crippen MR) is 121 cm³/mol. The number of aromatic nitrogens is 2. The Bertz CT molecular complexity index is 1120. The molecule has 1 fully saturated rings. The first-order chi connectivity index (χ1) is 15.9. The second-order valence-electron chi connectivity index (χ2n) is 8.07. The molecule has 1 saturated heterocycles. The number of carbonyl (C=O) groups is 3. The Morgan fingerprint density at radius 3 is 2.55 bits per heavy atom. The van der Waals surface area contributed by atoms with E-state index in [-0.39, 0.29) is 35.6 Å². The summed E-state index contributed by atoms with van der Waals surface area (Å²) in [6.07, 6.45) is 0.940. The normalized spacial score (nSPS) is 18.3. The second-order valence-corrected chi connectivity index (χ2v) is 8.07. The Morgan fingerprint density at radius 2 is 1.91 bits per heavy atom. The van der Waals surface area contributed by atoms with Gasteiger partial charge < -0.3 is 26.0 Å². The maximum atomic E-state index is 13.0. The molecule has 2 aromatic rings. The van der Waals surface area contributed by atoms with Crippen LogP contribution in [0.1, 0.15) is 37.7 Å². The van der Waals surface area contributed by atoms with Crippen LogP contribution in [0.5, 0.6) is 5.75 Å². The number of nitrogens with one attached hydrogen (secondary N) is 3. The number of amides is 3. The van der Waals surface area contributed by atoms with Crippen molar-refractivity contribution in [3.63, 3.8) is 0 Å². The Balaban J connectivity index is 1.54. The molecular formula is C22H26N6O5. The summed E-state index contributed by atoms with van der Waals surface area (Å²) in [4.78, 5) is 58.6. The van der Waals surface area contributed by atoms with Crippen LogP contribution in [0.3, 0.4) is 0 Å². The summed E-state index contributed by atoms with van der Waals surface area (Å²) in [5.74, 6) is -1.36. The molecule has 5 N–H and O–H groups in total. The molecule has 1 aromatic heterocycles. The van der Waals surface area contributed by atoms with Crippen LogP contribution in [0, 0.1) is 5.92 Å².